The van der Waals surface area contributed by atoms with Crippen molar-refractivity contribution >= 4 is 19.2 Å². The van der Waals surface area contributed by atoms with E-state index in [1.54, 1.807) is 0 Å². The van der Waals surface area contributed by atoms with Crippen LogP contribution >= 0.6 is 8.58 Å². The molecule has 0 saturated heterocycles. The summed E-state index contributed by atoms with van der Waals surface area (Å²) >= 11 is 0. The number of hydrogen-bond acceptors (Lipinski definition) is 0. The standard InChI is InChI=1S/C25H21P/c1-19-7-9-21(10-8-19)23-13-17-25(18-14-23)26-24-15-11-22(12-16-24)20-5-3-2-4-6-20/h2-18,26H,1H3. The first kappa shape index (κ1) is 16.8. The Morgan fingerprint density at radius 2 is 0.808 bits per heavy atom. The predicted molar refractivity (Wildman–Crippen MR) is 116 cm³/mol. The van der Waals surface area contributed by atoms with Crippen molar-refractivity contribution in [1.82, 2.24) is 0 Å². The molecule has 0 aliphatic rings. The highest BCUT2D eigenvalue weighted by atomic mass is 31.1. The Kier molecular flexibility index (Phi) is 4.95. The first-order valence-corrected chi connectivity index (χ1v) is 9.87. The fourth-order valence-electron chi connectivity index (χ4n) is 3.04. The highest BCUT2D eigenvalue weighted by molar-refractivity contribution is 7.55. The van der Waals surface area contributed by atoms with Gasteiger partial charge in [-0.05, 0) is 39.8 Å². The second-order valence-corrected chi connectivity index (χ2v) is 7.92. The predicted octanol–water partition coefficient (Wildman–Crippen LogP) is 5.96. The van der Waals surface area contributed by atoms with Crippen LogP contribution in [0, 0.1) is 6.92 Å². The van der Waals surface area contributed by atoms with Crippen molar-refractivity contribution < 1.29 is 0 Å². The molecule has 0 bridgehead atoms. The van der Waals surface area contributed by atoms with Crippen molar-refractivity contribution in [2.75, 3.05) is 0 Å². The molecule has 1 unspecified atom stereocenters. The van der Waals surface area contributed by atoms with Gasteiger partial charge in [-0.25, -0.2) is 0 Å². The van der Waals surface area contributed by atoms with Gasteiger partial charge in [0.25, 0.3) is 0 Å². The lowest BCUT2D eigenvalue weighted by atomic mass is 10.0. The van der Waals surface area contributed by atoms with Crippen LogP contribution in [0.2, 0.25) is 0 Å². The van der Waals surface area contributed by atoms with E-state index < -0.39 is 0 Å². The van der Waals surface area contributed by atoms with Crippen LogP contribution in [0.15, 0.2) is 103 Å². The SMILES string of the molecule is Cc1ccc(-c2ccc(Pc3ccc(-c4ccccc4)cc3)cc2)cc1. The number of hydrogen-bond donors (Lipinski definition) is 0. The molecule has 0 nitrogen and oxygen atoms in total. The van der Waals surface area contributed by atoms with Crippen LogP contribution in [0.4, 0.5) is 0 Å². The lowest BCUT2D eigenvalue weighted by Gasteiger charge is -2.07. The Morgan fingerprint density at radius 1 is 0.423 bits per heavy atom. The Labute approximate surface area is 157 Å². The van der Waals surface area contributed by atoms with E-state index >= 15 is 0 Å². The maximum Gasteiger partial charge on any atom is -0.0184 e. The fraction of sp³-hybridized carbons (Fsp3) is 0.0400. The van der Waals surface area contributed by atoms with Crippen LogP contribution in [0.25, 0.3) is 22.3 Å². The van der Waals surface area contributed by atoms with E-state index in [2.05, 4.69) is 110 Å². The Bertz CT molecular complexity index is 967. The molecule has 0 aliphatic carbocycles. The Hall–Kier alpha value is -2.69. The molecule has 1 heteroatoms. The molecule has 0 radical (unpaired) electrons. The molecule has 0 aliphatic heterocycles. The van der Waals surface area contributed by atoms with Crippen LogP contribution in [0.3, 0.4) is 0 Å². The van der Waals surface area contributed by atoms with Gasteiger partial charge in [-0.2, -0.15) is 0 Å². The maximum atomic E-state index is 2.25. The topological polar surface area (TPSA) is 0 Å². The molecule has 0 heterocycles. The molecule has 4 rings (SSSR count). The summed E-state index contributed by atoms with van der Waals surface area (Å²) in [6.07, 6.45) is 0. The molecule has 0 fully saturated rings. The van der Waals surface area contributed by atoms with Gasteiger partial charge in [-0.1, -0.05) is 117 Å². The minimum Gasteiger partial charge on any atom is -0.0622 e. The second-order valence-electron chi connectivity index (χ2n) is 6.51. The summed E-state index contributed by atoms with van der Waals surface area (Å²) in [4.78, 5) is 0. The van der Waals surface area contributed by atoms with Gasteiger partial charge in [-0.15, -0.1) is 0 Å². The lowest BCUT2D eigenvalue weighted by molar-refractivity contribution is 1.47. The van der Waals surface area contributed by atoms with E-state index in [0.29, 0.717) is 8.58 Å². The molecule has 1 atom stereocenters. The third kappa shape index (κ3) is 3.93. The quantitative estimate of drug-likeness (QED) is 0.398. The Balaban J connectivity index is 1.48. The number of rotatable bonds is 4. The Morgan fingerprint density at radius 3 is 1.27 bits per heavy atom. The minimum atomic E-state index is 0.683. The summed E-state index contributed by atoms with van der Waals surface area (Å²) in [6.45, 7) is 2.12. The molecule has 0 aromatic heterocycles. The van der Waals surface area contributed by atoms with Gasteiger partial charge in [0.15, 0.2) is 0 Å². The first-order chi connectivity index (χ1) is 12.8. The van der Waals surface area contributed by atoms with Crippen LogP contribution in [0.5, 0.6) is 0 Å². The molecule has 4 aromatic carbocycles. The zero-order chi connectivity index (χ0) is 17.8. The first-order valence-electron chi connectivity index (χ1n) is 8.87. The third-order valence-electron chi connectivity index (χ3n) is 4.55. The normalized spacial score (nSPS) is 11.1. The summed E-state index contributed by atoms with van der Waals surface area (Å²) in [7, 11) is 0.683. The maximum absolute atomic E-state index is 2.25. The van der Waals surface area contributed by atoms with Gasteiger partial charge >= 0.3 is 0 Å². The molecule has 0 spiro atoms. The third-order valence-corrected chi connectivity index (χ3v) is 5.79. The van der Waals surface area contributed by atoms with Crippen molar-refractivity contribution in [2.24, 2.45) is 0 Å². The van der Waals surface area contributed by atoms with Gasteiger partial charge in [0.1, 0.15) is 0 Å². The van der Waals surface area contributed by atoms with Crippen molar-refractivity contribution in [2.45, 2.75) is 6.92 Å². The highest BCUT2D eigenvalue weighted by Gasteiger charge is 2.01. The van der Waals surface area contributed by atoms with Gasteiger partial charge < -0.3 is 0 Å². The largest absolute Gasteiger partial charge is 0.0622 e. The van der Waals surface area contributed by atoms with Gasteiger partial charge in [0.2, 0.25) is 0 Å². The van der Waals surface area contributed by atoms with Crippen molar-refractivity contribution in [3.63, 3.8) is 0 Å². The van der Waals surface area contributed by atoms with Crippen LogP contribution in [-0.4, -0.2) is 0 Å². The van der Waals surface area contributed by atoms with Crippen molar-refractivity contribution in [3.8, 4) is 22.3 Å². The van der Waals surface area contributed by atoms with Crippen molar-refractivity contribution in [1.29, 1.82) is 0 Å². The summed E-state index contributed by atoms with van der Waals surface area (Å²) in [6, 6.07) is 37.1. The zero-order valence-electron chi connectivity index (χ0n) is 14.8. The molecule has 4 aromatic rings. The molecule has 0 amide bonds. The number of benzene rings is 4. The van der Waals surface area contributed by atoms with E-state index in [9.17, 15) is 0 Å². The van der Waals surface area contributed by atoms with Gasteiger partial charge in [-0.3, -0.25) is 0 Å². The smallest absolute Gasteiger partial charge is 0.0184 e. The highest BCUT2D eigenvalue weighted by Crippen LogP contribution is 2.22. The molecule has 0 N–H and O–H groups in total. The summed E-state index contributed by atoms with van der Waals surface area (Å²) in [5.74, 6) is 0. The number of aryl methyl sites for hydroxylation is 1. The second kappa shape index (κ2) is 7.68. The molecule has 126 valence electrons. The van der Waals surface area contributed by atoms with Gasteiger partial charge in [0, 0.05) is 0 Å². The summed E-state index contributed by atoms with van der Waals surface area (Å²) in [5, 5.41) is 2.74. The van der Waals surface area contributed by atoms with Crippen LogP contribution in [0.1, 0.15) is 5.56 Å². The fourth-order valence-corrected chi connectivity index (χ4v) is 4.04. The van der Waals surface area contributed by atoms with Crippen LogP contribution in [-0.2, 0) is 0 Å². The van der Waals surface area contributed by atoms with Gasteiger partial charge in [0.05, 0.1) is 0 Å². The molecular weight excluding hydrogens is 331 g/mol. The average molecular weight is 352 g/mol. The van der Waals surface area contributed by atoms with E-state index in [1.807, 2.05) is 0 Å². The van der Waals surface area contributed by atoms with Crippen LogP contribution < -0.4 is 10.6 Å². The molecule has 0 saturated carbocycles. The van der Waals surface area contributed by atoms with E-state index in [-0.39, 0.29) is 0 Å². The van der Waals surface area contributed by atoms with E-state index in [4.69, 9.17) is 0 Å². The van der Waals surface area contributed by atoms with Crippen molar-refractivity contribution in [3.05, 3.63) is 109 Å². The minimum absolute atomic E-state index is 0.683. The van der Waals surface area contributed by atoms with E-state index in [0.717, 1.165) is 0 Å². The average Bonchev–Trinajstić information content (AvgIpc) is 2.71. The molecule has 26 heavy (non-hydrogen) atoms. The zero-order valence-corrected chi connectivity index (χ0v) is 15.8. The lowest BCUT2D eigenvalue weighted by Crippen LogP contribution is -2.02. The summed E-state index contributed by atoms with van der Waals surface area (Å²) < 4.78 is 0. The summed E-state index contributed by atoms with van der Waals surface area (Å²) in [5.41, 5.74) is 6.39. The molecular formula is C25H21P. The monoisotopic (exact) mass is 352 g/mol. The van der Waals surface area contributed by atoms with E-state index in [1.165, 1.54) is 38.4 Å².